The fourth-order valence-electron chi connectivity index (χ4n) is 3.09. The smallest absolute Gasteiger partial charge is 0.223 e. The van der Waals surface area contributed by atoms with Crippen molar-refractivity contribution in [3.8, 4) is 5.75 Å². The van der Waals surface area contributed by atoms with Crippen LogP contribution in [0.15, 0.2) is 24.3 Å². The first-order chi connectivity index (χ1) is 10.6. The number of para-hydroxylation sites is 1. The number of carbonyl (C=O) groups excluding carboxylic acids is 2. The van der Waals surface area contributed by atoms with Gasteiger partial charge in [-0.3, -0.25) is 4.79 Å². The molecular formula is C17H22NO4-. The van der Waals surface area contributed by atoms with E-state index in [0.717, 1.165) is 18.4 Å². The molecule has 1 heterocycles. The second-order valence-corrected chi connectivity index (χ2v) is 5.59. The predicted octanol–water partition coefficient (Wildman–Crippen LogP) is 1.52. The number of likely N-dealkylation sites (tertiary alicyclic amines) is 1. The Hall–Kier alpha value is -2.04. The van der Waals surface area contributed by atoms with Gasteiger partial charge in [-0.25, -0.2) is 0 Å². The quantitative estimate of drug-likeness (QED) is 0.799. The third-order valence-corrected chi connectivity index (χ3v) is 4.22. The molecule has 2 rings (SSSR count). The van der Waals surface area contributed by atoms with Crippen LogP contribution in [0.4, 0.5) is 0 Å². The van der Waals surface area contributed by atoms with Crippen LogP contribution in [0.3, 0.4) is 0 Å². The summed E-state index contributed by atoms with van der Waals surface area (Å²) in [5, 5.41) is 11.6. The normalized spacial score (nSPS) is 21.7. The number of nitrogens with zero attached hydrogens (tertiary/aromatic N) is 1. The van der Waals surface area contributed by atoms with Gasteiger partial charge in [-0.05, 0) is 18.9 Å². The van der Waals surface area contributed by atoms with E-state index in [2.05, 4.69) is 0 Å². The van der Waals surface area contributed by atoms with Crippen LogP contribution in [-0.2, 0) is 9.59 Å². The van der Waals surface area contributed by atoms with Gasteiger partial charge in [-0.15, -0.1) is 0 Å². The summed E-state index contributed by atoms with van der Waals surface area (Å²) in [7, 11) is 1.55. The highest BCUT2D eigenvalue weighted by Gasteiger charge is 2.38. The number of amides is 1. The summed E-state index contributed by atoms with van der Waals surface area (Å²) >= 11 is 0. The minimum atomic E-state index is -1.11. The summed E-state index contributed by atoms with van der Waals surface area (Å²) in [5.41, 5.74) is 0.739. The molecule has 0 saturated carbocycles. The number of carboxylic acid groups (broad SMARTS) is 1. The van der Waals surface area contributed by atoms with Gasteiger partial charge in [-0.2, -0.15) is 0 Å². The van der Waals surface area contributed by atoms with Crippen molar-refractivity contribution in [1.29, 1.82) is 0 Å². The van der Waals surface area contributed by atoms with E-state index in [4.69, 9.17) is 4.74 Å². The molecule has 1 aromatic rings. The highest BCUT2D eigenvalue weighted by molar-refractivity contribution is 5.81. The fraction of sp³-hybridized carbons (Fsp3) is 0.529. The molecule has 1 aliphatic rings. The molecule has 5 heteroatoms. The Labute approximate surface area is 130 Å². The van der Waals surface area contributed by atoms with Crippen LogP contribution in [0.2, 0.25) is 0 Å². The van der Waals surface area contributed by atoms with Gasteiger partial charge in [0.25, 0.3) is 0 Å². The van der Waals surface area contributed by atoms with E-state index in [1.807, 2.05) is 25.1 Å². The zero-order valence-corrected chi connectivity index (χ0v) is 13.1. The van der Waals surface area contributed by atoms with Gasteiger partial charge >= 0.3 is 0 Å². The number of hydrogen-bond acceptors (Lipinski definition) is 4. The van der Waals surface area contributed by atoms with Gasteiger partial charge in [0.15, 0.2) is 0 Å². The molecule has 22 heavy (non-hydrogen) atoms. The number of carbonyl (C=O) groups is 2. The van der Waals surface area contributed by atoms with Crippen LogP contribution in [-0.4, -0.2) is 30.4 Å². The molecule has 0 aromatic heterocycles. The Balaban J connectivity index is 2.44. The number of methoxy groups -OCH3 is 1. The minimum Gasteiger partial charge on any atom is -0.550 e. The first-order valence-corrected chi connectivity index (χ1v) is 7.73. The number of piperidine rings is 1. The van der Waals surface area contributed by atoms with Crippen molar-refractivity contribution in [2.75, 3.05) is 13.7 Å². The lowest BCUT2D eigenvalue weighted by Crippen LogP contribution is -2.49. The van der Waals surface area contributed by atoms with Crippen molar-refractivity contribution >= 4 is 11.9 Å². The molecular weight excluding hydrogens is 282 g/mol. The van der Waals surface area contributed by atoms with Gasteiger partial charge in [0.05, 0.1) is 13.2 Å². The maximum Gasteiger partial charge on any atom is 0.223 e. The van der Waals surface area contributed by atoms with Gasteiger partial charge in [0.1, 0.15) is 5.75 Å². The maximum absolute atomic E-state index is 12.3. The average Bonchev–Trinajstić information content (AvgIpc) is 2.53. The first kappa shape index (κ1) is 16.3. The van der Waals surface area contributed by atoms with Crippen molar-refractivity contribution in [3.63, 3.8) is 0 Å². The van der Waals surface area contributed by atoms with Crippen LogP contribution < -0.4 is 9.84 Å². The highest BCUT2D eigenvalue weighted by atomic mass is 16.5. The molecule has 2 atom stereocenters. The number of unbranched alkanes of at least 4 members (excludes halogenated alkanes) is 1. The molecule has 0 radical (unpaired) electrons. The lowest BCUT2D eigenvalue weighted by molar-refractivity contribution is -0.314. The maximum atomic E-state index is 12.3. The summed E-state index contributed by atoms with van der Waals surface area (Å²) in [6, 6.07) is 6.77. The molecule has 1 aliphatic heterocycles. The van der Waals surface area contributed by atoms with Crippen LogP contribution in [0.1, 0.15) is 44.2 Å². The van der Waals surface area contributed by atoms with Crippen LogP contribution in [0.5, 0.6) is 5.75 Å². The third-order valence-electron chi connectivity index (χ3n) is 4.22. The highest BCUT2D eigenvalue weighted by Crippen LogP contribution is 2.40. The summed E-state index contributed by atoms with van der Waals surface area (Å²) in [5.74, 6) is -1.20. The SMILES string of the molecule is CCCCN1C(=O)CC[C@@H](C(=O)[O-])[C@@H]1c1ccccc1OC. The zero-order valence-electron chi connectivity index (χ0n) is 13.1. The molecule has 0 bridgehead atoms. The Kier molecular flexibility index (Phi) is 5.41. The molecule has 0 spiro atoms. The van der Waals surface area contributed by atoms with Crippen molar-refractivity contribution < 1.29 is 19.4 Å². The monoisotopic (exact) mass is 304 g/mol. The van der Waals surface area contributed by atoms with Crippen LogP contribution >= 0.6 is 0 Å². The second-order valence-electron chi connectivity index (χ2n) is 5.59. The third kappa shape index (κ3) is 3.24. The van der Waals surface area contributed by atoms with Crippen molar-refractivity contribution in [2.24, 2.45) is 5.92 Å². The Bertz CT molecular complexity index is 543. The van der Waals surface area contributed by atoms with E-state index in [-0.39, 0.29) is 12.3 Å². The van der Waals surface area contributed by atoms with Gasteiger partial charge in [-0.1, -0.05) is 31.5 Å². The lowest BCUT2D eigenvalue weighted by Gasteiger charge is -2.42. The van der Waals surface area contributed by atoms with Crippen LogP contribution in [0, 0.1) is 5.92 Å². The summed E-state index contributed by atoms with van der Waals surface area (Å²) in [4.78, 5) is 25.6. The number of carboxylic acids is 1. The van der Waals surface area contributed by atoms with Gasteiger partial charge in [0, 0.05) is 30.4 Å². The van der Waals surface area contributed by atoms with E-state index >= 15 is 0 Å². The van der Waals surface area contributed by atoms with E-state index in [0.29, 0.717) is 18.7 Å². The van der Waals surface area contributed by atoms with E-state index in [1.54, 1.807) is 18.1 Å². The fourth-order valence-corrected chi connectivity index (χ4v) is 3.09. The first-order valence-electron chi connectivity index (χ1n) is 7.73. The summed E-state index contributed by atoms with van der Waals surface area (Å²) in [6.07, 6.45) is 2.36. The Morgan fingerprint density at radius 3 is 2.77 bits per heavy atom. The van der Waals surface area contributed by atoms with E-state index in [9.17, 15) is 14.7 Å². The van der Waals surface area contributed by atoms with Crippen molar-refractivity contribution in [3.05, 3.63) is 29.8 Å². The standard InChI is InChI=1S/C17H23NO4/c1-3-4-11-18-15(19)10-9-13(17(20)21)16(18)12-7-5-6-8-14(12)22-2/h5-8,13,16H,3-4,9-11H2,1-2H3,(H,20,21)/p-1/t13-,16+/m1/s1. The molecule has 1 amide bonds. The van der Waals surface area contributed by atoms with Gasteiger partial charge in [0.2, 0.25) is 5.91 Å². The molecule has 0 aliphatic carbocycles. The molecule has 1 fully saturated rings. The summed E-state index contributed by atoms with van der Waals surface area (Å²) < 4.78 is 5.36. The summed E-state index contributed by atoms with van der Waals surface area (Å²) in [6.45, 7) is 2.60. The molecule has 0 N–H and O–H groups in total. The largest absolute Gasteiger partial charge is 0.550 e. The number of ether oxygens (including phenoxy) is 1. The van der Waals surface area contributed by atoms with E-state index < -0.39 is 17.9 Å². The Morgan fingerprint density at radius 1 is 1.41 bits per heavy atom. The number of hydrogen-bond donors (Lipinski definition) is 0. The number of aliphatic carboxylic acids is 1. The van der Waals surface area contributed by atoms with Crippen molar-refractivity contribution in [2.45, 2.75) is 38.6 Å². The molecule has 1 aromatic carbocycles. The predicted molar refractivity (Wildman–Crippen MR) is 80.1 cm³/mol. The lowest BCUT2D eigenvalue weighted by atomic mass is 9.83. The topological polar surface area (TPSA) is 69.7 Å². The number of rotatable bonds is 6. The second kappa shape index (κ2) is 7.29. The minimum absolute atomic E-state index is 0.00172. The molecule has 120 valence electrons. The molecule has 1 saturated heterocycles. The van der Waals surface area contributed by atoms with Crippen molar-refractivity contribution in [1.82, 2.24) is 4.90 Å². The Morgan fingerprint density at radius 2 is 2.14 bits per heavy atom. The molecule has 5 nitrogen and oxygen atoms in total. The van der Waals surface area contributed by atoms with Gasteiger partial charge < -0.3 is 19.5 Å². The van der Waals surface area contributed by atoms with Crippen LogP contribution in [0.25, 0.3) is 0 Å². The van der Waals surface area contributed by atoms with E-state index in [1.165, 1.54) is 0 Å². The molecule has 0 unspecified atom stereocenters. The zero-order chi connectivity index (χ0) is 16.1. The average molecular weight is 304 g/mol. The number of benzene rings is 1.